The van der Waals surface area contributed by atoms with E-state index in [1.807, 2.05) is 25.1 Å². The largest absolute Gasteiger partial charge is 0.497 e. The predicted molar refractivity (Wildman–Crippen MR) is 51.6 cm³/mol. The fourth-order valence-corrected chi connectivity index (χ4v) is 1.26. The Balaban J connectivity index is 2.94. The Hall–Kier alpha value is -0.995. The molecule has 0 bridgehead atoms. The van der Waals surface area contributed by atoms with Gasteiger partial charge in [0.1, 0.15) is 5.75 Å². The summed E-state index contributed by atoms with van der Waals surface area (Å²) in [7, 11) is 0.244. The molecule has 0 aromatic heterocycles. The molecule has 1 aromatic rings. The summed E-state index contributed by atoms with van der Waals surface area (Å²) in [6.45, 7) is 1.95. The quantitative estimate of drug-likeness (QED) is 0.668. The van der Waals surface area contributed by atoms with E-state index < -0.39 is 7.12 Å². The number of rotatable bonds is 3. The predicted octanol–water partition coefficient (Wildman–Crippen LogP) is 0.558. The molecule has 3 nitrogen and oxygen atoms in total. The van der Waals surface area contributed by atoms with Gasteiger partial charge in [0.25, 0.3) is 0 Å². The van der Waals surface area contributed by atoms with Crippen molar-refractivity contribution >= 4 is 7.12 Å². The van der Waals surface area contributed by atoms with Gasteiger partial charge in [0, 0.05) is 6.32 Å². The first-order chi connectivity index (χ1) is 6.13. The topological polar surface area (TPSA) is 49.7 Å². The van der Waals surface area contributed by atoms with Crippen molar-refractivity contribution in [3.8, 4) is 5.75 Å². The molecule has 13 heavy (non-hydrogen) atoms. The molecule has 70 valence electrons. The maximum atomic E-state index is 8.82. The monoisotopic (exact) mass is 180 g/mol. The van der Waals surface area contributed by atoms with Gasteiger partial charge in [0.2, 0.25) is 0 Å². The van der Waals surface area contributed by atoms with Gasteiger partial charge in [-0.05, 0) is 18.6 Å². The van der Waals surface area contributed by atoms with Gasteiger partial charge in [-0.3, -0.25) is 0 Å². The van der Waals surface area contributed by atoms with Crippen LogP contribution in [0.2, 0.25) is 0 Å². The van der Waals surface area contributed by atoms with E-state index in [0.717, 1.165) is 11.1 Å². The second kappa shape index (κ2) is 4.30. The summed E-state index contributed by atoms with van der Waals surface area (Å²) in [5.41, 5.74) is 1.90. The normalized spacial score (nSPS) is 9.85. The van der Waals surface area contributed by atoms with E-state index in [-0.39, 0.29) is 6.32 Å². The lowest BCUT2D eigenvalue weighted by Gasteiger charge is -2.08. The lowest BCUT2D eigenvalue weighted by atomic mass is 9.81. The van der Waals surface area contributed by atoms with Crippen LogP contribution in [0.1, 0.15) is 11.1 Å². The highest BCUT2D eigenvalue weighted by Crippen LogP contribution is 2.20. The van der Waals surface area contributed by atoms with Gasteiger partial charge in [-0.25, -0.2) is 0 Å². The van der Waals surface area contributed by atoms with Crippen molar-refractivity contribution in [2.45, 2.75) is 13.2 Å². The Bertz CT molecular complexity index is 286. The lowest BCUT2D eigenvalue weighted by molar-refractivity contribution is 0.394. The van der Waals surface area contributed by atoms with E-state index in [1.165, 1.54) is 0 Å². The van der Waals surface area contributed by atoms with Gasteiger partial charge < -0.3 is 14.8 Å². The Morgan fingerprint density at radius 1 is 1.38 bits per heavy atom. The minimum atomic E-state index is -1.32. The fraction of sp³-hybridized carbons (Fsp3) is 0.333. The van der Waals surface area contributed by atoms with Crippen LogP contribution in [0.4, 0.5) is 0 Å². The molecule has 0 radical (unpaired) electrons. The average Bonchev–Trinajstić information content (AvgIpc) is 2.03. The molecular formula is C9H13BO3. The molecule has 1 rings (SSSR count). The van der Waals surface area contributed by atoms with Gasteiger partial charge in [0.05, 0.1) is 7.11 Å². The summed E-state index contributed by atoms with van der Waals surface area (Å²) in [6.07, 6.45) is 0.199. The van der Waals surface area contributed by atoms with Crippen molar-refractivity contribution in [1.29, 1.82) is 0 Å². The molecule has 0 aliphatic carbocycles. The number of hydrogen-bond donors (Lipinski definition) is 2. The van der Waals surface area contributed by atoms with Crippen LogP contribution in [0, 0.1) is 6.92 Å². The first-order valence-electron chi connectivity index (χ1n) is 4.13. The second-order valence-corrected chi connectivity index (χ2v) is 3.00. The molecular weight excluding hydrogens is 167 g/mol. The second-order valence-electron chi connectivity index (χ2n) is 3.00. The van der Waals surface area contributed by atoms with Crippen LogP contribution in [-0.4, -0.2) is 24.3 Å². The molecule has 0 amide bonds. The van der Waals surface area contributed by atoms with Gasteiger partial charge in [-0.15, -0.1) is 0 Å². The standard InChI is InChI=1S/C9H13BO3/c1-7-3-4-9(13-2)8(5-7)6-10(11)12/h3-5,11-12H,6H2,1-2H3. The summed E-state index contributed by atoms with van der Waals surface area (Å²) in [4.78, 5) is 0. The summed E-state index contributed by atoms with van der Waals surface area (Å²) in [5.74, 6) is 0.693. The molecule has 0 atom stereocenters. The van der Waals surface area contributed by atoms with Crippen LogP contribution < -0.4 is 4.74 Å². The zero-order valence-corrected chi connectivity index (χ0v) is 7.82. The molecule has 2 N–H and O–H groups in total. The van der Waals surface area contributed by atoms with Crippen LogP contribution >= 0.6 is 0 Å². The number of aryl methyl sites for hydroxylation is 1. The average molecular weight is 180 g/mol. The molecule has 0 fully saturated rings. The maximum Gasteiger partial charge on any atom is 0.456 e. The van der Waals surface area contributed by atoms with Crippen LogP contribution in [0.15, 0.2) is 18.2 Å². The Labute approximate surface area is 78.1 Å². The van der Waals surface area contributed by atoms with Crippen molar-refractivity contribution in [2.75, 3.05) is 7.11 Å². The summed E-state index contributed by atoms with van der Waals surface area (Å²) in [5, 5.41) is 17.6. The molecule has 4 heteroatoms. The molecule has 0 aliphatic heterocycles. The zero-order valence-electron chi connectivity index (χ0n) is 7.82. The van der Waals surface area contributed by atoms with Gasteiger partial charge in [-0.1, -0.05) is 17.7 Å². The van der Waals surface area contributed by atoms with E-state index in [0.29, 0.717) is 5.75 Å². The Morgan fingerprint density at radius 2 is 2.08 bits per heavy atom. The highest BCUT2D eigenvalue weighted by Gasteiger charge is 2.12. The van der Waals surface area contributed by atoms with Gasteiger partial charge in [0.15, 0.2) is 0 Å². The van der Waals surface area contributed by atoms with Crippen molar-refractivity contribution < 1.29 is 14.8 Å². The van der Waals surface area contributed by atoms with Crippen LogP contribution in [0.25, 0.3) is 0 Å². The molecule has 1 aromatic carbocycles. The number of ether oxygens (including phenoxy) is 1. The maximum absolute atomic E-state index is 8.82. The van der Waals surface area contributed by atoms with Crippen LogP contribution in [0.5, 0.6) is 5.75 Å². The lowest BCUT2D eigenvalue weighted by Crippen LogP contribution is -2.15. The van der Waals surface area contributed by atoms with Crippen LogP contribution in [-0.2, 0) is 6.32 Å². The number of hydrogen-bond acceptors (Lipinski definition) is 3. The van der Waals surface area contributed by atoms with E-state index in [2.05, 4.69) is 0 Å². The first-order valence-corrected chi connectivity index (χ1v) is 4.13. The summed E-state index contributed by atoms with van der Waals surface area (Å²) >= 11 is 0. The summed E-state index contributed by atoms with van der Waals surface area (Å²) in [6, 6.07) is 5.64. The minimum Gasteiger partial charge on any atom is -0.497 e. The highest BCUT2D eigenvalue weighted by atomic mass is 16.5. The van der Waals surface area contributed by atoms with Gasteiger partial charge >= 0.3 is 7.12 Å². The van der Waals surface area contributed by atoms with Gasteiger partial charge in [-0.2, -0.15) is 0 Å². The third-order valence-electron chi connectivity index (χ3n) is 1.84. The molecule has 0 spiro atoms. The van der Waals surface area contributed by atoms with Crippen molar-refractivity contribution in [3.05, 3.63) is 29.3 Å². The van der Waals surface area contributed by atoms with Crippen molar-refractivity contribution in [2.24, 2.45) is 0 Å². The number of methoxy groups -OCH3 is 1. The molecule has 0 saturated carbocycles. The first kappa shape index (κ1) is 10.1. The third-order valence-corrected chi connectivity index (χ3v) is 1.84. The third kappa shape index (κ3) is 2.75. The SMILES string of the molecule is COc1ccc(C)cc1CB(O)O. The number of benzene rings is 1. The van der Waals surface area contributed by atoms with E-state index in [1.54, 1.807) is 7.11 Å². The fourth-order valence-electron chi connectivity index (χ4n) is 1.26. The van der Waals surface area contributed by atoms with Crippen molar-refractivity contribution in [1.82, 2.24) is 0 Å². The molecule has 0 unspecified atom stereocenters. The van der Waals surface area contributed by atoms with Crippen molar-refractivity contribution in [3.63, 3.8) is 0 Å². The molecule has 0 saturated heterocycles. The Kier molecular flexibility index (Phi) is 3.34. The van der Waals surface area contributed by atoms with Crippen LogP contribution in [0.3, 0.4) is 0 Å². The Morgan fingerprint density at radius 3 is 2.62 bits per heavy atom. The van der Waals surface area contributed by atoms with E-state index >= 15 is 0 Å². The summed E-state index contributed by atoms with van der Waals surface area (Å²) < 4.78 is 5.08. The van der Waals surface area contributed by atoms with E-state index in [4.69, 9.17) is 14.8 Å². The van der Waals surface area contributed by atoms with E-state index in [9.17, 15) is 0 Å². The highest BCUT2D eigenvalue weighted by molar-refractivity contribution is 6.40. The molecule has 0 aliphatic rings. The zero-order chi connectivity index (χ0) is 9.84. The smallest absolute Gasteiger partial charge is 0.456 e. The molecule has 0 heterocycles. The minimum absolute atomic E-state index is 0.199.